The third-order valence-corrected chi connectivity index (χ3v) is 7.90. The smallest absolute Gasteiger partial charge is 0.363 e. The topological polar surface area (TPSA) is 248 Å². The van der Waals surface area contributed by atoms with Gasteiger partial charge in [0.15, 0.2) is 0 Å². The van der Waals surface area contributed by atoms with E-state index in [1.807, 2.05) is 18.2 Å². The van der Waals surface area contributed by atoms with Crippen LogP contribution in [0.25, 0.3) is 17.2 Å². The number of aromatic amines is 2. The monoisotopic (exact) mass is 638 g/mol. The van der Waals surface area contributed by atoms with Crippen LogP contribution < -0.4 is 38.2 Å². The van der Waals surface area contributed by atoms with Gasteiger partial charge in [-0.15, -0.1) is 10.2 Å². The minimum absolute atomic E-state index is 0.0547. The van der Waals surface area contributed by atoms with E-state index in [1.54, 1.807) is 0 Å². The minimum Gasteiger partial charge on any atom is -0.394 e. The van der Waals surface area contributed by atoms with Crippen LogP contribution in [-0.2, 0) is 19.5 Å². The molecule has 6 aromatic rings. The summed E-state index contributed by atoms with van der Waals surface area (Å²) in [5.74, 6) is -1.56. The highest BCUT2D eigenvalue weighted by molar-refractivity contribution is 5.98. The zero-order valence-corrected chi connectivity index (χ0v) is 24.1. The summed E-state index contributed by atoms with van der Waals surface area (Å²) in [6.45, 7) is -0.181. The fourth-order valence-electron chi connectivity index (χ4n) is 5.51. The number of carbonyl (C=O) groups is 2. The Balaban J connectivity index is 1.07. The number of aromatic nitrogens is 8. The van der Waals surface area contributed by atoms with Crippen LogP contribution >= 0.6 is 0 Å². The Hall–Kier alpha value is -6.59. The molecular weight excluding hydrogens is 615 g/mol. The van der Waals surface area contributed by atoms with E-state index in [0.717, 1.165) is 21.2 Å². The molecule has 0 radical (unpaired) electrons. The largest absolute Gasteiger partial charge is 0.394 e. The molecule has 47 heavy (non-hydrogen) atoms. The zero-order valence-electron chi connectivity index (χ0n) is 24.1. The molecule has 7 rings (SSSR count). The average molecular weight is 639 g/mol. The van der Waals surface area contributed by atoms with Gasteiger partial charge in [0.1, 0.15) is 28.6 Å². The van der Waals surface area contributed by atoms with Crippen LogP contribution in [0.1, 0.15) is 55.7 Å². The molecule has 3 aromatic heterocycles. The maximum atomic E-state index is 14.4. The van der Waals surface area contributed by atoms with E-state index in [4.69, 9.17) is 5.73 Å². The van der Waals surface area contributed by atoms with Gasteiger partial charge >= 0.3 is 5.69 Å². The molecule has 0 spiro atoms. The second-order valence-electron chi connectivity index (χ2n) is 10.8. The minimum atomic E-state index is -0.795. The molecule has 1 atom stereocenters. The van der Waals surface area contributed by atoms with Crippen LogP contribution in [0.4, 0.5) is 15.8 Å². The van der Waals surface area contributed by atoms with Gasteiger partial charge in [-0.25, -0.2) is 23.8 Å². The number of tetrazole rings is 1. The van der Waals surface area contributed by atoms with E-state index in [2.05, 4.69) is 51.6 Å². The molecule has 7 N–H and O–H groups in total. The number of nitrogens with zero attached hydrogens (tertiary/aromatic N) is 6. The molecule has 17 nitrogen and oxygen atoms in total. The number of hydrogen-bond acceptors (Lipinski definition) is 12. The summed E-state index contributed by atoms with van der Waals surface area (Å²) in [7, 11) is 0. The SMILES string of the molecule is Nc1c(NCc2cc(CNC(=O)c3cc(C(=O)N[C@H]4CCc5cc(-c6nn[nH]n6)ccc54)n4[nH]c(=O)nc4n3)ccc2F)c(=O)c1=O. The molecule has 18 heteroatoms. The number of aryl methyl sites for hydroxylation is 1. The molecular formula is C29H23FN12O5. The number of amides is 2. The van der Waals surface area contributed by atoms with Crippen LogP contribution in [-0.4, -0.2) is 52.0 Å². The number of H-pyrrole nitrogens is 2. The van der Waals surface area contributed by atoms with Crippen LogP contribution in [0.2, 0.25) is 0 Å². The first-order chi connectivity index (χ1) is 22.7. The molecule has 0 fully saturated rings. The van der Waals surface area contributed by atoms with Gasteiger partial charge in [0.25, 0.3) is 28.4 Å². The van der Waals surface area contributed by atoms with E-state index in [9.17, 15) is 28.4 Å². The first-order valence-electron chi connectivity index (χ1n) is 14.2. The number of nitrogen functional groups attached to an aromatic ring is 1. The lowest BCUT2D eigenvalue weighted by atomic mass is 10.0. The van der Waals surface area contributed by atoms with Crippen molar-refractivity contribution in [3.8, 4) is 11.4 Å². The van der Waals surface area contributed by atoms with Gasteiger partial charge in [0, 0.05) is 30.3 Å². The molecule has 0 aliphatic heterocycles. The highest BCUT2D eigenvalue weighted by Crippen LogP contribution is 2.33. The van der Waals surface area contributed by atoms with Crippen molar-refractivity contribution >= 4 is 29.0 Å². The molecule has 0 bridgehead atoms. The zero-order chi connectivity index (χ0) is 32.8. The van der Waals surface area contributed by atoms with Crippen LogP contribution in [0.5, 0.6) is 0 Å². The first kappa shape index (κ1) is 29.1. The Morgan fingerprint density at radius 2 is 1.87 bits per heavy atom. The van der Waals surface area contributed by atoms with Crippen molar-refractivity contribution in [1.82, 2.24) is 50.8 Å². The Labute approximate surface area is 261 Å². The normalized spacial score (nSPS) is 13.9. The predicted octanol–water partition coefficient (Wildman–Crippen LogP) is -0.126. The number of nitrogens with two attached hydrogens (primary N) is 1. The molecule has 3 aromatic carbocycles. The van der Waals surface area contributed by atoms with Gasteiger partial charge in [0.2, 0.25) is 5.82 Å². The second kappa shape index (κ2) is 11.4. The Bertz CT molecular complexity index is 2340. The number of carbonyl (C=O) groups excluding carboxylic acids is 2. The van der Waals surface area contributed by atoms with Gasteiger partial charge in [0.05, 0.1) is 6.04 Å². The summed E-state index contributed by atoms with van der Waals surface area (Å²) in [4.78, 5) is 69.6. The molecule has 0 unspecified atom stereocenters. The highest BCUT2D eigenvalue weighted by atomic mass is 19.1. The summed E-state index contributed by atoms with van der Waals surface area (Å²) < 4.78 is 15.5. The summed E-state index contributed by atoms with van der Waals surface area (Å²) in [5, 5.41) is 24.7. The van der Waals surface area contributed by atoms with Crippen molar-refractivity contribution < 1.29 is 14.0 Å². The number of benzene rings is 2. The van der Waals surface area contributed by atoms with Crippen molar-refractivity contribution in [1.29, 1.82) is 0 Å². The van der Waals surface area contributed by atoms with Crippen molar-refractivity contribution in [3.05, 3.63) is 113 Å². The highest BCUT2D eigenvalue weighted by Gasteiger charge is 2.27. The quantitative estimate of drug-likeness (QED) is 0.113. The van der Waals surface area contributed by atoms with E-state index >= 15 is 0 Å². The van der Waals surface area contributed by atoms with Crippen molar-refractivity contribution in [3.63, 3.8) is 0 Å². The van der Waals surface area contributed by atoms with Crippen molar-refractivity contribution in [2.45, 2.75) is 32.0 Å². The number of nitrogens with one attached hydrogen (secondary N) is 5. The predicted molar refractivity (Wildman–Crippen MR) is 162 cm³/mol. The van der Waals surface area contributed by atoms with Crippen LogP contribution in [0.3, 0.4) is 0 Å². The van der Waals surface area contributed by atoms with Gasteiger partial charge < -0.3 is 21.7 Å². The first-order valence-corrected chi connectivity index (χ1v) is 14.2. The maximum Gasteiger partial charge on any atom is 0.363 e. The van der Waals surface area contributed by atoms with E-state index in [1.165, 1.54) is 24.3 Å². The van der Waals surface area contributed by atoms with E-state index in [-0.39, 0.29) is 53.2 Å². The average Bonchev–Trinajstić information content (AvgIpc) is 3.84. The molecule has 3 heterocycles. The number of rotatable bonds is 9. The molecule has 0 saturated carbocycles. The van der Waals surface area contributed by atoms with E-state index in [0.29, 0.717) is 24.2 Å². The Morgan fingerprint density at radius 3 is 2.66 bits per heavy atom. The third kappa shape index (κ3) is 5.36. The lowest BCUT2D eigenvalue weighted by Crippen LogP contribution is -2.37. The Morgan fingerprint density at radius 1 is 1.02 bits per heavy atom. The van der Waals surface area contributed by atoms with Crippen LogP contribution in [0.15, 0.2) is 56.8 Å². The number of anilines is 2. The summed E-state index contributed by atoms with van der Waals surface area (Å²) >= 11 is 0. The van der Waals surface area contributed by atoms with Gasteiger partial charge in [-0.2, -0.15) is 10.2 Å². The van der Waals surface area contributed by atoms with Crippen LogP contribution in [0, 0.1) is 5.82 Å². The molecule has 1 aliphatic rings. The molecule has 2 amide bonds. The lowest BCUT2D eigenvalue weighted by Gasteiger charge is -2.15. The molecule has 236 valence electrons. The summed E-state index contributed by atoms with van der Waals surface area (Å²) in [6, 6.07) is 10.7. The fraction of sp³-hybridized carbons (Fsp3) is 0.172. The molecule has 0 saturated heterocycles. The van der Waals surface area contributed by atoms with E-state index < -0.39 is 34.2 Å². The number of halogens is 1. The van der Waals surface area contributed by atoms with Gasteiger partial charge in [-0.3, -0.25) is 19.2 Å². The summed E-state index contributed by atoms with van der Waals surface area (Å²) in [6.07, 6.45) is 1.31. The Kier molecular flexibility index (Phi) is 7.07. The van der Waals surface area contributed by atoms with Crippen molar-refractivity contribution in [2.24, 2.45) is 0 Å². The third-order valence-electron chi connectivity index (χ3n) is 7.90. The summed E-state index contributed by atoms with van der Waals surface area (Å²) in [5.41, 5.74) is 6.03. The standard InChI is InChI=1S/C29H23FN12O5/c30-17-5-1-12(7-15(17)11-32-22-21(31)23(43)24(22)44)10-33-26(45)19-9-20(42-28(35-19)36-29(47)39-42)27(46)34-18-6-3-13-8-14(2-4-16(13)18)25-37-40-41-38-25/h1-2,4-5,7-9,18,32H,3,6,10-11,31H2,(H,33,45)(H,34,46)(H,39,47)(H,37,38,40,41)/t18-/m0/s1. The maximum absolute atomic E-state index is 14.4. The fourth-order valence-corrected chi connectivity index (χ4v) is 5.51. The molecule has 1 aliphatic carbocycles. The van der Waals surface area contributed by atoms with Gasteiger partial charge in [-0.1, -0.05) is 18.2 Å². The lowest BCUT2D eigenvalue weighted by molar-refractivity contribution is 0.0929. The van der Waals surface area contributed by atoms with Gasteiger partial charge in [-0.05, 0) is 52.9 Å². The number of fused-ring (bicyclic) bond motifs is 2. The van der Waals surface area contributed by atoms with Crippen molar-refractivity contribution in [2.75, 3.05) is 11.1 Å². The second-order valence-corrected chi connectivity index (χ2v) is 10.8. The number of hydrogen-bond donors (Lipinski definition) is 6.